The fourth-order valence-corrected chi connectivity index (χ4v) is 1.79. The lowest BCUT2D eigenvalue weighted by molar-refractivity contribution is 0.0966. The maximum absolute atomic E-state index is 9.95. The van der Waals surface area contributed by atoms with E-state index in [0.29, 0.717) is 6.54 Å². The first-order chi connectivity index (χ1) is 9.53. The average Bonchev–Trinajstić information content (AvgIpc) is 2.51. The molecule has 2 N–H and O–H groups in total. The van der Waals surface area contributed by atoms with E-state index < -0.39 is 6.10 Å². The number of methoxy groups -OCH3 is 1. The van der Waals surface area contributed by atoms with Gasteiger partial charge in [-0.3, -0.25) is 0 Å². The standard InChI is InChI=1S/C16H27NO3/c1-5-16(3,6-2)17-11-13(18)12-20-15-9-7-14(19-4)8-10-15/h7-10,13,17-18H,5-6,11-12H2,1-4H3. The summed E-state index contributed by atoms with van der Waals surface area (Å²) in [6.07, 6.45) is 1.56. The Bertz CT molecular complexity index is 374. The highest BCUT2D eigenvalue weighted by atomic mass is 16.5. The molecule has 0 aliphatic rings. The lowest BCUT2D eigenvalue weighted by Crippen LogP contribution is -2.46. The third-order valence-electron chi connectivity index (χ3n) is 3.83. The van der Waals surface area contributed by atoms with Crippen LogP contribution in [-0.4, -0.2) is 37.0 Å². The van der Waals surface area contributed by atoms with E-state index in [2.05, 4.69) is 26.1 Å². The van der Waals surface area contributed by atoms with Crippen LogP contribution in [0.3, 0.4) is 0 Å². The second-order valence-corrected chi connectivity index (χ2v) is 5.29. The van der Waals surface area contributed by atoms with E-state index in [0.717, 1.165) is 24.3 Å². The van der Waals surface area contributed by atoms with E-state index in [-0.39, 0.29) is 12.1 Å². The van der Waals surface area contributed by atoms with Crippen molar-refractivity contribution >= 4 is 0 Å². The molecule has 0 bridgehead atoms. The summed E-state index contributed by atoms with van der Waals surface area (Å²) in [6.45, 7) is 7.29. The van der Waals surface area contributed by atoms with Crippen molar-refractivity contribution in [3.63, 3.8) is 0 Å². The van der Waals surface area contributed by atoms with Gasteiger partial charge in [-0.15, -0.1) is 0 Å². The first-order valence-corrected chi connectivity index (χ1v) is 7.23. The Morgan fingerprint density at radius 3 is 2.20 bits per heavy atom. The van der Waals surface area contributed by atoms with Gasteiger partial charge in [0, 0.05) is 12.1 Å². The molecule has 1 aromatic rings. The zero-order valence-corrected chi connectivity index (χ0v) is 13.0. The molecule has 1 aromatic carbocycles. The molecule has 1 atom stereocenters. The lowest BCUT2D eigenvalue weighted by Gasteiger charge is -2.29. The Labute approximate surface area is 122 Å². The Hall–Kier alpha value is -1.26. The summed E-state index contributed by atoms with van der Waals surface area (Å²) in [5.74, 6) is 1.53. The van der Waals surface area contributed by atoms with Gasteiger partial charge >= 0.3 is 0 Å². The number of hydrogen-bond acceptors (Lipinski definition) is 4. The van der Waals surface area contributed by atoms with Gasteiger partial charge in [-0.05, 0) is 44.0 Å². The first-order valence-electron chi connectivity index (χ1n) is 7.23. The van der Waals surface area contributed by atoms with Crippen molar-refractivity contribution in [2.75, 3.05) is 20.3 Å². The zero-order chi connectivity index (χ0) is 15.0. The van der Waals surface area contributed by atoms with Crippen molar-refractivity contribution in [2.24, 2.45) is 0 Å². The van der Waals surface area contributed by atoms with Gasteiger partial charge in [0.1, 0.15) is 24.2 Å². The van der Waals surface area contributed by atoms with E-state index in [1.807, 2.05) is 24.3 Å². The molecule has 1 rings (SSSR count). The first kappa shape index (κ1) is 16.8. The number of hydrogen-bond donors (Lipinski definition) is 2. The number of ether oxygens (including phenoxy) is 2. The Balaban J connectivity index is 2.33. The quantitative estimate of drug-likeness (QED) is 0.730. The van der Waals surface area contributed by atoms with E-state index >= 15 is 0 Å². The molecule has 0 aliphatic carbocycles. The fourth-order valence-electron chi connectivity index (χ4n) is 1.79. The SMILES string of the molecule is CCC(C)(CC)NCC(O)COc1ccc(OC)cc1. The maximum atomic E-state index is 9.95. The van der Waals surface area contributed by atoms with Crippen LogP contribution in [-0.2, 0) is 0 Å². The molecular weight excluding hydrogens is 254 g/mol. The minimum Gasteiger partial charge on any atom is -0.497 e. The van der Waals surface area contributed by atoms with Gasteiger partial charge in [-0.25, -0.2) is 0 Å². The van der Waals surface area contributed by atoms with E-state index in [9.17, 15) is 5.11 Å². The molecule has 0 fully saturated rings. The van der Waals surface area contributed by atoms with Crippen LogP contribution in [0.15, 0.2) is 24.3 Å². The van der Waals surface area contributed by atoms with Gasteiger partial charge in [0.15, 0.2) is 0 Å². The molecule has 4 heteroatoms. The zero-order valence-electron chi connectivity index (χ0n) is 13.0. The van der Waals surface area contributed by atoms with Gasteiger partial charge < -0.3 is 19.9 Å². The van der Waals surface area contributed by atoms with Crippen molar-refractivity contribution in [2.45, 2.75) is 45.3 Å². The number of benzene rings is 1. The van der Waals surface area contributed by atoms with Gasteiger partial charge in [-0.2, -0.15) is 0 Å². The third kappa shape index (κ3) is 5.39. The molecule has 20 heavy (non-hydrogen) atoms. The second kappa shape index (κ2) is 8.12. The molecule has 0 saturated carbocycles. The van der Waals surface area contributed by atoms with Gasteiger partial charge in [0.2, 0.25) is 0 Å². The summed E-state index contributed by atoms with van der Waals surface area (Å²) in [6, 6.07) is 7.35. The smallest absolute Gasteiger partial charge is 0.119 e. The largest absolute Gasteiger partial charge is 0.497 e. The van der Waals surface area contributed by atoms with Crippen LogP contribution in [0.2, 0.25) is 0 Å². The second-order valence-electron chi connectivity index (χ2n) is 5.29. The minimum absolute atomic E-state index is 0.0844. The highest BCUT2D eigenvalue weighted by molar-refractivity contribution is 5.31. The molecule has 0 aromatic heterocycles. The summed E-state index contributed by atoms with van der Waals surface area (Å²) >= 11 is 0. The summed E-state index contributed by atoms with van der Waals surface area (Å²) in [5, 5.41) is 13.4. The average molecular weight is 281 g/mol. The topological polar surface area (TPSA) is 50.7 Å². The van der Waals surface area contributed by atoms with Crippen molar-refractivity contribution in [1.82, 2.24) is 5.32 Å². The molecule has 1 unspecified atom stereocenters. The molecule has 114 valence electrons. The van der Waals surface area contributed by atoms with Crippen LogP contribution >= 0.6 is 0 Å². The number of nitrogens with one attached hydrogen (secondary N) is 1. The van der Waals surface area contributed by atoms with Crippen LogP contribution in [0.5, 0.6) is 11.5 Å². The van der Waals surface area contributed by atoms with Crippen molar-refractivity contribution in [3.8, 4) is 11.5 Å². The van der Waals surface area contributed by atoms with Crippen molar-refractivity contribution < 1.29 is 14.6 Å². The molecule has 0 heterocycles. The Morgan fingerprint density at radius 1 is 1.15 bits per heavy atom. The van der Waals surface area contributed by atoms with Crippen LogP contribution in [0.25, 0.3) is 0 Å². The lowest BCUT2D eigenvalue weighted by atomic mass is 9.95. The molecule has 0 radical (unpaired) electrons. The summed E-state index contributed by atoms with van der Waals surface area (Å²) in [7, 11) is 1.63. The molecular formula is C16H27NO3. The summed E-state index contributed by atoms with van der Waals surface area (Å²) < 4.78 is 10.6. The molecule has 4 nitrogen and oxygen atoms in total. The summed E-state index contributed by atoms with van der Waals surface area (Å²) in [5.41, 5.74) is 0.0844. The van der Waals surface area contributed by atoms with E-state index in [1.54, 1.807) is 7.11 Å². The molecule has 0 spiro atoms. The monoisotopic (exact) mass is 281 g/mol. The maximum Gasteiger partial charge on any atom is 0.119 e. The predicted octanol–water partition coefficient (Wildman–Crippen LogP) is 2.60. The Morgan fingerprint density at radius 2 is 1.70 bits per heavy atom. The highest BCUT2D eigenvalue weighted by Gasteiger charge is 2.19. The van der Waals surface area contributed by atoms with E-state index in [1.165, 1.54) is 0 Å². The number of aliphatic hydroxyl groups is 1. The minimum atomic E-state index is -0.519. The van der Waals surface area contributed by atoms with Crippen LogP contribution in [0, 0.1) is 0 Å². The van der Waals surface area contributed by atoms with Crippen molar-refractivity contribution in [1.29, 1.82) is 0 Å². The summed E-state index contributed by atoms with van der Waals surface area (Å²) in [4.78, 5) is 0. The van der Waals surface area contributed by atoms with Crippen LogP contribution in [0.4, 0.5) is 0 Å². The van der Waals surface area contributed by atoms with Gasteiger partial charge in [0.05, 0.1) is 7.11 Å². The van der Waals surface area contributed by atoms with Gasteiger partial charge in [-0.1, -0.05) is 13.8 Å². The predicted molar refractivity (Wildman–Crippen MR) is 81.5 cm³/mol. The fraction of sp³-hybridized carbons (Fsp3) is 0.625. The molecule has 0 aliphatic heterocycles. The number of aliphatic hydroxyl groups excluding tert-OH is 1. The molecule has 0 amide bonds. The molecule has 0 saturated heterocycles. The normalized spacial score (nSPS) is 13.1. The number of rotatable bonds is 9. The van der Waals surface area contributed by atoms with Crippen LogP contribution < -0.4 is 14.8 Å². The van der Waals surface area contributed by atoms with Gasteiger partial charge in [0.25, 0.3) is 0 Å². The van der Waals surface area contributed by atoms with E-state index in [4.69, 9.17) is 9.47 Å². The van der Waals surface area contributed by atoms with Crippen LogP contribution in [0.1, 0.15) is 33.6 Å². The third-order valence-corrected chi connectivity index (χ3v) is 3.83. The van der Waals surface area contributed by atoms with Crippen molar-refractivity contribution in [3.05, 3.63) is 24.3 Å². The number of β-amino-alcohol motifs (C(OH)–C–C–N with tert-alkyl or cyclic N) is 1. The highest BCUT2D eigenvalue weighted by Crippen LogP contribution is 2.17. The Kier molecular flexibility index (Phi) is 6.82.